The summed E-state index contributed by atoms with van der Waals surface area (Å²) in [6.45, 7) is 0. The van der Waals surface area contributed by atoms with Crippen molar-refractivity contribution in [2.75, 3.05) is 7.11 Å². The van der Waals surface area contributed by atoms with Crippen LogP contribution in [0.1, 0.15) is 28.5 Å². The molecule has 0 amide bonds. The van der Waals surface area contributed by atoms with Crippen molar-refractivity contribution < 1.29 is 9.15 Å². The van der Waals surface area contributed by atoms with Gasteiger partial charge in [-0.05, 0) is 41.8 Å². The summed E-state index contributed by atoms with van der Waals surface area (Å²) >= 11 is 6.15. The molecule has 0 fully saturated rings. The second kappa shape index (κ2) is 7.47. The van der Waals surface area contributed by atoms with Crippen LogP contribution in [-0.2, 0) is 6.42 Å². The van der Waals surface area contributed by atoms with Crippen LogP contribution in [0.4, 0.5) is 0 Å². The molecule has 4 aromatic rings. The Morgan fingerprint density at radius 3 is 2.59 bits per heavy atom. The molecule has 0 aliphatic heterocycles. The number of benzene rings is 3. The lowest BCUT2D eigenvalue weighted by molar-refractivity contribution is 0.403. The van der Waals surface area contributed by atoms with Gasteiger partial charge >= 0.3 is 0 Å². The molecule has 3 aromatic carbocycles. The molecule has 0 spiro atoms. The maximum atomic E-state index is 6.50. The Balaban J connectivity index is 1.68. The second-order valence-electron chi connectivity index (χ2n) is 6.55. The third kappa shape index (κ3) is 3.57. The van der Waals surface area contributed by atoms with Gasteiger partial charge < -0.3 is 14.9 Å². The molecule has 0 aliphatic rings. The lowest BCUT2D eigenvalue weighted by atomic mass is 9.99. The summed E-state index contributed by atoms with van der Waals surface area (Å²) in [5.41, 5.74) is 9.81. The molecule has 1 heterocycles. The molecule has 0 radical (unpaired) electrons. The van der Waals surface area contributed by atoms with Gasteiger partial charge in [0.15, 0.2) is 0 Å². The second-order valence-corrected chi connectivity index (χ2v) is 6.98. The standard InChI is InChI=1S/C23H20ClNO2/c1-26-21-10-8-18(24)13-20(21)22(25)23-19-9-7-16(12-17(19)14-27-23)11-15-5-3-2-4-6-15/h2-10,12-14,22H,11,25H2,1H3. The van der Waals surface area contributed by atoms with Gasteiger partial charge in [0.1, 0.15) is 11.5 Å². The Hall–Kier alpha value is -2.75. The van der Waals surface area contributed by atoms with Gasteiger partial charge in [0, 0.05) is 21.4 Å². The first-order chi connectivity index (χ1) is 13.2. The summed E-state index contributed by atoms with van der Waals surface area (Å²) in [5.74, 6) is 1.40. The largest absolute Gasteiger partial charge is 0.496 e. The lowest BCUT2D eigenvalue weighted by Crippen LogP contribution is -2.12. The number of rotatable bonds is 5. The highest BCUT2D eigenvalue weighted by molar-refractivity contribution is 6.30. The molecular formula is C23H20ClNO2. The minimum atomic E-state index is -0.462. The van der Waals surface area contributed by atoms with Gasteiger partial charge in [-0.25, -0.2) is 0 Å². The fourth-order valence-corrected chi connectivity index (χ4v) is 3.58. The normalized spacial score (nSPS) is 12.3. The van der Waals surface area contributed by atoms with Crippen LogP contribution in [0.3, 0.4) is 0 Å². The average Bonchev–Trinajstić information content (AvgIpc) is 3.11. The highest BCUT2D eigenvalue weighted by Crippen LogP contribution is 2.35. The smallest absolute Gasteiger partial charge is 0.132 e. The van der Waals surface area contributed by atoms with E-state index < -0.39 is 6.04 Å². The Kier molecular flexibility index (Phi) is 4.88. The van der Waals surface area contributed by atoms with E-state index in [9.17, 15) is 0 Å². The van der Waals surface area contributed by atoms with Crippen molar-refractivity contribution in [2.24, 2.45) is 5.73 Å². The number of furan rings is 1. The van der Waals surface area contributed by atoms with E-state index in [0.29, 0.717) is 16.5 Å². The minimum absolute atomic E-state index is 0.462. The predicted molar refractivity (Wildman–Crippen MR) is 109 cm³/mol. The van der Waals surface area contributed by atoms with E-state index in [1.54, 1.807) is 19.4 Å². The van der Waals surface area contributed by atoms with Crippen LogP contribution >= 0.6 is 11.6 Å². The maximum absolute atomic E-state index is 6.50. The molecule has 136 valence electrons. The number of hydrogen-bond donors (Lipinski definition) is 1. The van der Waals surface area contributed by atoms with Crippen LogP contribution in [0, 0.1) is 0 Å². The van der Waals surface area contributed by atoms with Gasteiger partial charge in [-0.15, -0.1) is 0 Å². The van der Waals surface area contributed by atoms with Crippen LogP contribution in [-0.4, -0.2) is 7.11 Å². The van der Waals surface area contributed by atoms with Crippen molar-refractivity contribution in [3.63, 3.8) is 0 Å². The van der Waals surface area contributed by atoms with Crippen molar-refractivity contribution in [1.82, 2.24) is 0 Å². The molecule has 27 heavy (non-hydrogen) atoms. The van der Waals surface area contributed by atoms with Crippen molar-refractivity contribution in [3.05, 3.63) is 100 Å². The first kappa shape index (κ1) is 17.7. The van der Waals surface area contributed by atoms with Gasteiger partial charge in [-0.3, -0.25) is 0 Å². The fourth-order valence-electron chi connectivity index (χ4n) is 3.40. The summed E-state index contributed by atoms with van der Waals surface area (Å²) < 4.78 is 11.3. The van der Waals surface area contributed by atoms with Gasteiger partial charge in [0.05, 0.1) is 19.4 Å². The Morgan fingerprint density at radius 1 is 1.00 bits per heavy atom. The van der Waals surface area contributed by atoms with Crippen LogP contribution < -0.4 is 10.5 Å². The molecule has 4 rings (SSSR count). The molecule has 1 unspecified atom stereocenters. The first-order valence-corrected chi connectivity index (χ1v) is 9.16. The third-order valence-electron chi connectivity index (χ3n) is 4.75. The number of fused-ring (bicyclic) bond motifs is 1. The van der Waals surface area contributed by atoms with Crippen molar-refractivity contribution in [3.8, 4) is 5.75 Å². The Labute approximate surface area is 163 Å². The summed E-state index contributed by atoms with van der Waals surface area (Å²) in [4.78, 5) is 0. The number of halogens is 1. The quantitative estimate of drug-likeness (QED) is 0.483. The molecule has 3 nitrogen and oxygen atoms in total. The number of hydrogen-bond acceptors (Lipinski definition) is 3. The molecule has 0 saturated heterocycles. The zero-order valence-electron chi connectivity index (χ0n) is 15.0. The first-order valence-electron chi connectivity index (χ1n) is 8.78. The van der Waals surface area contributed by atoms with E-state index in [4.69, 9.17) is 26.5 Å². The molecule has 1 atom stereocenters. The topological polar surface area (TPSA) is 48.4 Å². The summed E-state index contributed by atoms with van der Waals surface area (Å²) in [6, 6.07) is 21.7. The third-order valence-corrected chi connectivity index (χ3v) is 4.99. The Morgan fingerprint density at radius 2 is 1.81 bits per heavy atom. The van der Waals surface area contributed by atoms with E-state index in [2.05, 4.69) is 42.5 Å². The lowest BCUT2D eigenvalue weighted by Gasteiger charge is -2.15. The van der Waals surface area contributed by atoms with E-state index in [1.807, 2.05) is 18.2 Å². The van der Waals surface area contributed by atoms with Gasteiger partial charge in [0.2, 0.25) is 0 Å². The maximum Gasteiger partial charge on any atom is 0.132 e. The minimum Gasteiger partial charge on any atom is -0.496 e. The molecule has 1 aromatic heterocycles. The Bertz CT molecular complexity index is 1070. The monoisotopic (exact) mass is 377 g/mol. The summed E-state index contributed by atoms with van der Waals surface area (Å²) in [6.07, 6.45) is 2.64. The number of methoxy groups -OCH3 is 1. The average molecular weight is 378 g/mol. The van der Waals surface area contributed by atoms with Gasteiger partial charge in [-0.1, -0.05) is 54.1 Å². The van der Waals surface area contributed by atoms with Gasteiger partial charge in [-0.2, -0.15) is 0 Å². The van der Waals surface area contributed by atoms with Crippen molar-refractivity contribution in [1.29, 1.82) is 0 Å². The molecular weight excluding hydrogens is 358 g/mol. The number of ether oxygens (including phenoxy) is 1. The zero-order valence-corrected chi connectivity index (χ0v) is 15.7. The molecule has 0 saturated carbocycles. The van der Waals surface area contributed by atoms with E-state index >= 15 is 0 Å². The highest BCUT2D eigenvalue weighted by Gasteiger charge is 2.20. The molecule has 4 heteroatoms. The summed E-state index contributed by atoms with van der Waals surface area (Å²) in [5, 5.41) is 2.65. The predicted octanol–water partition coefficient (Wildman–Crippen LogP) is 5.73. The van der Waals surface area contributed by atoms with Gasteiger partial charge in [0.25, 0.3) is 0 Å². The van der Waals surface area contributed by atoms with Crippen molar-refractivity contribution >= 4 is 22.4 Å². The number of nitrogens with two attached hydrogens (primary N) is 1. The van der Waals surface area contributed by atoms with Crippen LogP contribution in [0.2, 0.25) is 5.02 Å². The fraction of sp³-hybridized carbons (Fsp3) is 0.130. The SMILES string of the molecule is COc1ccc(Cl)cc1C(N)c1occ2cc(Cc3ccccc3)ccc12. The molecule has 2 N–H and O–H groups in total. The van der Waals surface area contributed by atoms with E-state index in [0.717, 1.165) is 22.8 Å². The van der Waals surface area contributed by atoms with Crippen molar-refractivity contribution in [2.45, 2.75) is 12.5 Å². The van der Waals surface area contributed by atoms with Crippen LogP contribution in [0.15, 0.2) is 77.4 Å². The van der Waals surface area contributed by atoms with Crippen LogP contribution in [0.5, 0.6) is 5.75 Å². The van der Waals surface area contributed by atoms with E-state index in [1.165, 1.54) is 11.1 Å². The summed E-state index contributed by atoms with van der Waals surface area (Å²) in [7, 11) is 1.62. The van der Waals surface area contributed by atoms with Crippen LogP contribution in [0.25, 0.3) is 10.8 Å². The highest BCUT2D eigenvalue weighted by atomic mass is 35.5. The molecule has 0 aliphatic carbocycles. The van der Waals surface area contributed by atoms with E-state index in [-0.39, 0.29) is 0 Å². The molecule has 0 bridgehead atoms. The zero-order chi connectivity index (χ0) is 18.8.